The predicted octanol–water partition coefficient (Wildman–Crippen LogP) is 2.20. The Kier molecular flexibility index (Phi) is 3.77. The highest BCUT2D eigenvalue weighted by Crippen LogP contribution is 2.45. The topological polar surface area (TPSA) is 96.2 Å². The van der Waals surface area contributed by atoms with Crippen molar-refractivity contribution in [2.45, 2.75) is 31.2 Å². The molecule has 0 aromatic heterocycles. The van der Waals surface area contributed by atoms with Crippen LogP contribution in [-0.4, -0.2) is 29.4 Å². The van der Waals surface area contributed by atoms with Gasteiger partial charge in [-0.3, -0.25) is 0 Å². The molecule has 2 rings (SSSR count). The van der Waals surface area contributed by atoms with Gasteiger partial charge >= 0.3 is 5.97 Å². The second-order valence-electron chi connectivity index (χ2n) is 4.82. The van der Waals surface area contributed by atoms with Gasteiger partial charge in [0.15, 0.2) is 11.5 Å². The molecule has 6 nitrogen and oxygen atoms in total. The van der Waals surface area contributed by atoms with E-state index >= 15 is 0 Å². The SMILES string of the molecule is COc1cc(C2(N=C=O)CCCC2)cc(C(=O)O)c1O. The molecule has 1 aromatic rings. The van der Waals surface area contributed by atoms with Crippen LogP contribution >= 0.6 is 0 Å². The van der Waals surface area contributed by atoms with Gasteiger partial charge in [0.1, 0.15) is 5.56 Å². The first-order valence-corrected chi connectivity index (χ1v) is 6.28. The Balaban J connectivity index is 2.64. The summed E-state index contributed by atoms with van der Waals surface area (Å²) >= 11 is 0. The summed E-state index contributed by atoms with van der Waals surface area (Å²) in [4.78, 5) is 25.8. The monoisotopic (exact) mass is 277 g/mol. The molecule has 0 amide bonds. The van der Waals surface area contributed by atoms with Gasteiger partial charge in [-0.1, -0.05) is 12.8 Å². The highest BCUT2D eigenvalue weighted by atomic mass is 16.5. The van der Waals surface area contributed by atoms with Crippen molar-refractivity contribution in [3.8, 4) is 11.5 Å². The zero-order valence-electron chi connectivity index (χ0n) is 11.0. The Morgan fingerprint density at radius 2 is 2.05 bits per heavy atom. The summed E-state index contributed by atoms with van der Waals surface area (Å²) < 4.78 is 5.01. The normalized spacial score (nSPS) is 16.4. The van der Waals surface area contributed by atoms with Gasteiger partial charge in [-0.25, -0.2) is 9.59 Å². The molecule has 1 aliphatic rings. The summed E-state index contributed by atoms with van der Waals surface area (Å²) in [6.07, 6.45) is 4.67. The summed E-state index contributed by atoms with van der Waals surface area (Å²) in [5.74, 6) is -1.62. The minimum Gasteiger partial charge on any atom is -0.504 e. The van der Waals surface area contributed by atoms with Crippen molar-refractivity contribution in [3.63, 3.8) is 0 Å². The van der Waals surface area contributed by atoms with Crippen molar-refractivity contribution in [2.24, 2.45) is 4.99 Å². The molecule has 0 heterocycles. The second kappa shape index (κ2) is 5.35. The van der Waals surface area contributed by atoms with E-state index in [0.29, 0.717) is 18.4 Å². The number of carbonyl (C=O) groups excluding carboxylic acids is 1. The van der Waals surface area contributed by atoms with Crippen LogP contribution in [0.25, 0.3) is 0 Å². The Hall–Kier alpha value is -2.33. The number of nitrogens with zero attached hydrogens (tertiary/aromatic N) is 1. The third kappa shape index (κ3) is 2.26. The fraction of sp³-hybridized carbons (Fsp3) is 0.429. The van der Waals surface area contributed by atoms with Crippen LogP contribution in [0.2, 0.25) is 0 Å². The molecule has 0 atom stereocenters. The number of aliphatic imine (C=N–C) groups is 1. The van der Waals surface area contributed by atoms with Crippen molar-refractivity contribution in [2.75, 3.05) is 7.11 Å². The number of ether oxygens (including phenoxy) is 1. The second-order valence-corrected chi connectivity index (χ2v) is 4.82. The average Bonchev–Trinajstić information content (AvgIpc) is 2.88. The minimum atomic E-state index is -1.26. The molecule has 20 heavy (non-hydrogen) atoms. The zero-order valence-corrected chi connectivity index (χ0v) is 11.0. The number of isocyanates is 1. The number of phenols is 1. The van der Waals surface area contributed by atoms with Crippen LogP contribution in [0.15, 0.2) is 17.1 Å². The number of hydrogen-bond acceptors (Lipinski definition) is 5. The number of aromatic hydroxyl groups is 1. The van der Waals surface area contributed by atoms with E-state index in [-0.39, 0.29) is 11.3 Å². The zero-order chi connectivity index (χ0) is 14.8. The lowest BCUT2D eigenvalue weighted by Crippen LogP contribution is -2.19. The molecule has 0 aliphatic heterocycles. The fourth-order valence-corrected chi connectivity index (χ4v) is 2.71. The lowest BCUT2D eigenvalue weighted by Gasteiger charge is -2.24. The summed E-state index contributed by atoms with van der Waals surface area (Å²) in [5.41, 5.74) is -0.454. The Bertz CT molecular complexity index is 583. The van der Waals surface area contributed by atoms with E-state index in [1.807, 2.05) is 0 Å². The highest BCUT2D eigenvalue weighted by molar-refractivity contribution is 5.92. The standard InChI is InChI=1S/C14H15NO5/c1-20-11-7-9(6-10(12(11)17)13(18)19)14(15-8-16)4-2-3-5-14/h6-7,17H,2-5H2,1H3,(H,18,19). The molecule has 1 saturated carbocycles. The molecule has 1 aromatic carbocycles. The number of carbonyl (C=O) groups is 1. The molecule has 1 fully saturated rings. The Morgan fingerprint density at radius 3 is 2.55 bits per heavy atom. The number of benzene rings is 1. The first-order chi connectivity index (χ1) is 9.54. The average molecular weight is 277 g/mol. The molecule has 2 N–H and O–H groups in total. The van der Waals surface area contributed by atoms with Crippen LogP contribution in [0.3, 0.4) is 0 Å². The highest BCUT2D eigenvalue weighted by Gasteiger charge is 2.37. The lowest BCUT2D eigenvalue weighted by atomic mass is 9.87. The van der Waals surface area contributed by atoms with E-state index in [9.17, 15) is 14.7 Å². The van der Waals surface area contributed by atoms with Gasteiger partial charge < -0.3 is 14.9 Å². The van der Waals surface area contributed by atoms with Crippen LogP contribution in [0.5, 0.6) is 11.5 Å². The van der Waals surface area contributed by atoms with Gasteiger partial charge in [-0.15, -0.1) is 0 Å². The third-order valence-electron chi connectivity index (χ3n) is 3.75. The van der Waals surface area contributed by atoms with Crippen molar-refractivity contribution in [1.29, 1.82) is 0 Å². The van der Waals surface area contributed by atoms with Crippen molar-refractivity contribution < 1.29 is 24.5 Å². The molecule has 106 valence electrons. The maximum Gasteiger partial charge on any atom is 0.339 e. The smallest absolute Gasteiger partial charge is 0.339 e. The molecular weight excluding hydrogens is 262 g/mol. The van der Waals surface area contributed by atoms with Crippen LogP contribution in [0.4, 0.5) is 0 Å². The van der Waals surface area contributed by atoms with Gasteiger partial charge in [0.25, 0.3) is 0 Å². The molecule has 0 radical (unpaired) electrons. The molecule has 0 saturated heterocycles. The molecule has 0 bridgehead atoms. The maximum absolute atomic E-state index is 11.2. The number of rotatable bonds is 4. The van der Waals surface area contributed by atoms with E-state index in [4.69, 9.17) is 9.84 Å². The van der Waals surface area contributed by atoms with Crippen LogP contribution in [-0.2, 0) is 10.3 Å². The van der Waals surface area contributed by atoms with Crippen molar-refractivity contribution in [1.82, 2.24) is 0 Å². The quantitative estimate of drug-likeness (QED) is 0.649. The molecule has 0 unspecified atom stereocenters. The lowest BCUT2D eigenvalue weighted by molar-refractivity contribution is 0.0692. The number of methoxy groups -OCH3 is 1. The fourth-order valence-electron chi connectivity index (χ4n) is 2.71. The summed E-state index contributed by atoms with van der Waals surface area (Å²) in [5, 5.41) is 19.0. The molecule has 0 spiro atoms. The minimum absolute atomic E-state index is 0.0623. The number of carboxylic acids is 1. The van der Waals surface area contributed by atoms with Gasteiger partial charge in [-0.05, 0) is 30.5 Å². The van der Waals surface area contributed by atoms with E-state index < -0.39 is 17.3 Å². The molecule has 6 heteroatoms. The predicted molar refractivity (Wildman–Crippen MR) is 69.9 cm³/mol. The van der Waals surface area contributed by atoms with Gasteiger partial charge in [-0.2, -0.15) is 4.99 Å². The first kappa shape index (κ1) is 14.1. The first-order valence-electron chi connectivity index (χ1n) is 6.28. The maximum atomic E-state index is 11.2. The largest absolute Gasteiger partial charge is 0.504 e. The number of aromatic carboxylic acids is 1. The summed E-state index contributed by atoms with van der Waals surface area (Å²) in [7, 11) is 1.34. The summed E-state index contributed by atoms with van der Waals surface area (Å²) in [6.45, 7) is 0. The molecule has 1 aliphatic carbocycles. The van der Waals surface area contributed by atoms with Gasteiger partial charge in [0, 0.05) is 0 Å². The van der Waals surface area contributed by atoms with E-state index in [2.05, 4.69) is 4.99 Å². The van der Waals surface area contributed by atoms with Crippen molar-refractivity contribution >= 4 is 12.0 Å². The Morgan fingerprint density at radius 1 is 1.40 bits per heavy atom. The molecular formula is C14H15NO5. The van der Waals surface area contributed by atoms with Crippen molar-refractivity contribution in [3.05, 3.63) is 23.3 Å². The van der Waals surface area contributed by atoms with Crippen LogP contribution in [0.1, 0.15) is 41.6 Å². The van der Waals surface area contributed by atoms with Crippen LogP contribution in [0, 0.1) is 0 Å². The number of carboxylic acid groups (broad SMARTS) is 1. The van der Waals surface area contributed by atoms with E-state index in [0.717, 1.165) is 12.8 Å². The third-order valence-corrected chi connectivity index (χ3v) is 3.75. The van der Waals surface area contributed by atoms with E-state index in [1.54, 1.807) is 6.08 Å². The van der Waals surface area contributed by atoms with Gasteiger partial charge in [0.2, 0.25) is 6.08 Å². The van der Waals surface area contributed by atoms with E-state index in [1.165, 1.54) is 19.2 Å². The summed E-state index contributed by atoms with van der Waals surface area (Å²) in [6, 6.07) is 2.89. The Labute approximate surface area is 115 Å². The number of hydrogen-bond donors (Lipinski definition) is 2. The van der Waals surface area contributed by atoms with Crippen LogP contribution < -0.4 is 4.74 Å². The van der Waals surface area contributed by atoms with Gasteiger partial charge in [0.05, 0.1) is 12.6 Å².